The van der Waals surface area contributed by atoms with Gasteiger partial charge in [0.25, 0.3) is 0 Å². The first-order valence-electron chi connectivity index (χ1n) is 18.1. The second-order valence-electron chi connectivity index (χ2n) is 15.9. The first kappa shape index (κ1) is 26.1. The third-order valence-electron chi connectivity index (χ3n) is 14.6. The predicted molar refractivity (Wildman–Crippen MR) is 195 cm³/mol. The van der Waals surface area contributed by atoms with Gasteiger partial charge in [0.2, 0.25) is 0 Å². The fourth-order valence-corrected chi connectivity index (χ4v) is 13.7. The van der Waals surface area contributed by atoms with Crippen LogP contribution >= 0.6 is 0 Å². The van der Waals surface area contributed by atoms with Gasteiger partial charge < -0.3 is 0 Å². The summed E-state index contributed by atoms with van der Waals surface area (Å²) in [7, 11) is 0. The van der Waals surface area contributed by atoms with Gasteiger partial charge in [-0.2, -0.15) is 0 Å². The Kier molecular flexibility index (Phi) is 4.78. The molecule has 7 aliphatic carbocycles. The van der Waals surface area contributed by atoms with Crippen molar-refractivity contribution in [1.29, 1.82) is 0 Å². The van der Waals surface area contributed by atoms with Crippen molar-refractivity contribution in [3.05, 3.63) is 173 Å². The van der Waals surface area contributed by atoms with Gasteiger partial charge >= 0.3 is 0 Å². The molecule has 48 heavy (non-hydrogen) atoms. The number of fused-ring (bicyclic) bond motifs is 13. The maximum atomic E-state index is 4.07. The molecule has 0 heteroatoms. The van der Waals surface area contributed by atoms with E-state index in [4.69, 9.17) is 0 Å². The quantitative estimate of drug-likeness (QED) is 0.153. The summed E-state index contributed by atoms with van der Waals surface area (Å²) in [5.41, 5.74) is 16.7. The maximum Gasteiger partial charge on any atom is 0.0527 e. The van der Waals surface area contributed by atoms with Gasteiger partial charge in [-0.15, -0.1) is 0 Å². The number of hydrogen-bond donors (Lipinski definition) is 0. The molecule has 0 amide bonds. The van der Waals surface area contributed by atoms with Gasteiger partial charge in [0.05, 0.1) is 5.92 Å². The number of allylic oxidation sites excluding steroid dienone is 4. The predicted octanol–water partition coefficient (Wildman–Crippen LogP) is 11.0. The van der Waals surface area contributed by atoms with Crippen LogP contribution < -0.4 is 0 Å². The Morgan fingerprint density at radius 3 is 1.90 bits per heavy atom. The fourth-order valence-electron chi connectivity index (χ4n) is 13.7. The first-order valence-corrected chi connectivity index (χ1v) is 18.1. The lowest BCUT2D eigenvalue weighted by Crippen LogP contribution is -2.55. The summed E-state index contributed by atoms with van der Waals surface area (Å²) in [5, 5.41) is 0. The van der Waals surface area contributed by atoms with Crippen molar-refractivity contribution in [3.63, 3.8) is 0 Å². The van der Waals surface area contributed by atoms with Gasteiger partial charge in [0.15, 0.2) is 0 Å². The molecule has 6 bridgehead atoms. The zero-order valence-corrected chi connectivity index (χ0v) is 27.0. The highest BCUT2D eigenvalue weighted by Gasteiger charge is 2.80. The molecule has 3 saturated carbocycles. The van der Waals surface area contributed by atoms with Crippen LogP contribution in [0.4, 0.5) is 0 Å². The van der Waals surface area contributed by atoms with Crippen molar-refractivity contribution < 1.29 is 0 Å². The summed E-state index contributed by atoms with van der Waals surface area (Å²) in [6.45, 7) is 0. The third-order valence-corrected chi connectivity index (χ3v) is 14.6. The van der Waals surface area contributed by atoms with E-state index >= 15 is 0 Å². The topological polar surface area (TPSA) is 0 Å². The van der Waals surface area contributed by atoms with Crippen LogP contribution in [0.5, 0.6) is 0 Å². The van der Waals surface area contributed by atoms with Gasteiger partial charge in [-0.1, -0.05) is 145 Å². The molecule has 12 rings (SSSR count). The molecule has 1 spiro atoms. The summed E-state index contributed by atoms with van der Waals surface area (Å²) < 4.78 is 0. The van der Waals surface area contributed by atoms with Crippen molar-refractivity contribution in [2.24, 2.45) is 17.3 Å². The van der Waals surface area contributed by atoms with E-state index in [9.17, 15) is 0 Å². The smallest absolute Gasteiger partial charge is 0.0527 e. The van der Waals surface area contributed by atoms with Crippen LogP contribution in [0.25, 0.3) is 27.8 Å². The van der Waals surface area contributed by atoms with Crippen molar-refractivity contribution in [2.75, 3.05) is 0 Å². The van der Waals surface area contributed by atoms with Crippen molar-refractivity contribution in [1.82, 2.24) is 0 Å². The van der Waals surface area contributed by atoms with E-state index in [-0.39, 0.29) is 22.2 Å². The second kappa shape index (κ2) is 8.78. The minimum absolute atomic E-state index is 0.00205. The summed E-state index contributed by atoms with van der Waals surface area (Å²) in [4.78, 5) is 0. The Morgan fingerprint density at radius 1 is 0.521 bits per heavy atom. The molecule has 5 aromatic rings. The molecular weight excluding hydrogens is 577 g/mol. The molecule has 8 unspecified atom stereocenters. The molecule has 3 fully saturated rings. The number of benzene rings is 5. The third kappa shape index (κ3) is 2.79. The minimum Gasteiger partial charge on any atom is -0.0897 e. The molecule has 5 aromatic carbocycles. The van der Waals surface area contributed by atoms with Crippen molar-refractivity contribution >= 4 is 5.57 Å². The summed E-state index contributed by atoms with van der Waals surface area (Å²) in [6.07, 6.45) is 11.6. The van der Waals surface area contributed by atoms with Crippen LogP contribution in [0.3, 0.4) is 0 Å². The number of hydrogen-bond acceptors (Lipinski definition) is 0. The Balaban J connectivity index is 1.30. The zero-order chi connectivity index (χ0) is 31.2. The first-order chi connectivity index (χ1) is 23.8. The van der Waals surface area contributed by atoms with Crippen LogP contribution in [-0.2, 0) is 10.8 Å². The molecule has 228 valence electrons. The average molecular weight is 613 g/mol. The molecule has 0 saturated heterocycles. The standard InChI is InChI=1S/C48H36/c1-2-18-36-32-15-5-4-14-31(32)30-26-46-28-43(38-21-8-6-16-33(38)35-19-10-12-23-40(35)46)48-29-44(47(27-30,45(46)48)41(36)24-3-1)39-22-9-7-17-34(39)37-20-11-13-25-42(37)48/h1-2,4-23,25,30,41,43-45H,26-29H2. The Hall–Kier alpha value is -4.86. The molecule has 0 N–H and O–H groups in total. The summed E-state index contributed by atoms with van der Waals surface area (Å²) >= 11 is 0. The van der Waals surface area contributed by atoms with Crippen LogP contribution in [0.2, 0.25) is 0 Å². The van der Waals surface area contributed by atoms with Crippen molar-refractivity contribution in [3.8, 4) is 34.1 Å². The van der Waals surface area contributed by atoms with Gasteiger partial charge in [-0.05, 0) is 117 Å². The molecule has 0 heterocycles. The lowest BCUT2D eigenvalue weighted by atomic mass is 9.43. The second-order valence-corrected chi connectivity index (χ2v) is 15.9. The Bertz CT molecular complexity index is 2370. The van der Waals surface area contributed by atoms with Crippen molar-refractivity contribution in [2.45, 2.75) is 54.3 Å². The van der Waals surface area contributed by atoms with Gasteiger partial charge in [0.1, 0.15) is 0 Å². The van der Waals surface area contributed by atoms with Crippen LogP contribution in [0.15, 0.2) is 140 Å². The largest absolute Gasteiger partial charge is 0.0897 e. The zero-order valence-electron chi connectivity index (χ0n) is 27.0. The molecule has 7 aliphatic rings. The Labute approximate surface area is 283 Å². The lowest BCUT2D eigenvalue weighted by molar-refractivity contribution is 0.00415. The van der Waals surface area contributed by atoms with E-state index in [1.54, 1.807) is 27.8 Å². The van der Waals surface area contributed by atoms with Crippen LogP contribution in [0.1, 0.15) is 76.8 Å². The molecule has 0 aromatic heterocycles. The summed E-state index contributed by atoms with van der Waals surface area (Å²) in [5.74, 6) is 9.63. The van der Waals surface area contributed by atoms with Gasteiger partial charge in [-0.3, -0.25) is 0 Å². The number of rotatable bonds is 0. The van der Waals surface area contributed by atoms with E-state index in [1.165, 1.54) is 59.1 Å². The lowest BCUT2D eigenvalue weighted by Gasteiger charge is -2.59. The monoisotopic (exact) mass is 612 g/mol. The van der Waals surface area contributed by atoms with Gasteiger partial charge in [-0.25, -0.2) is 0 Å². The van der Waals surface area contributed by atoms with Crippen LogP contribution in [0, 0.1) is 29.1 Å². The highest BCUT2D eigenvalue weighted by Crippen LogP contribution is 2.86. The highest BCUT2D eigenvalue weighted by atomic mass is 14.8. The van der Waals surface area contributed by atoms with E-state index in [0.717, 1.165) is 0 Å². The van der Waals surface area contributed by atoms with E-state index < -0.39 is 0 Å². The van der Waals surface area contributed by atoms with Gasteiger partial charge in [0, 0.05) is 16.2 Å². The molecule has 0 aliphatic heterocycles. The maximum absolute atomic E-state index is 4.07. The molecule has 8 atom stereocenters. The minimum atomic E-state index is -0.0232. The van der Waals surface area contributed by atoms with Crippen LogP contribution in [-0.4, -0.2) is 0 Å². The molecular formula is C48H36. The highest BCUT2D eigenvalue weighted by molar-refractivity contribution is 5.84. The average Bonchev–Trinajstić information content (AvgIpc) is 3.31. The Morgan fingerprint density at radius 2 is 1.12 bits per heavy atom. The normalized spacial score (nSPS) is 34.4. The summed E-state index contributed by atoms with van der Waals surface area (Å²) in [6, 6.07) is 47.8. The molecule has 0 radical (unpaired) electrons. The van der Waals surface area contributed by atoms with E-state index in [1.807, 2.05) is 0 Å². The SMILES string of the molecule is C1#CC2C(=CC=C1)c1ccccc1C1CC34CC(c5ccccc5-c5ccccc53)C35CC(c6ccccc6-c6ccccc63)C2(C1)C45. The van der Waals surface area contributed by atoms with E-state index in [0.29, 0.717) is 23.7 Å². The fraction of sp³-hybridized carbons (Fsp3) is 0.250. The molecule has 0 nitrogen and oxygen atoms in total. The van der Waals surface area contributed by atoms with E-state index in [2.05, 4.69) is 151 Å².